The Morgan fingerprint density at radius 3 is 2.68 bits per heavy atom. The summed E-state index contributed by atoms with van der Waals surface area (Å²) in [5.41, 5.74) is -0.591. The maximum absolute atomic E-state index is 13.0. The van der Waals surface area contributed by atoms with E-state index in [4.69, 9.17) is 18.9 Å². The molecule has 6 aliphatic rings. The van der Waals surface area contributed by atoms with E-state index in [9.17, 15) is 4.79 Å². The highest BCUT2D eigenvalue weighted by molar-refractivity contribution is 5.92. The van der Waals surface area contributed by atoms with E-state index in [1.54, 1.807) is 7.11 Å². The predicted molar refractivity (Wildman–Crippen MR) is 78.0 cm³/mol. The van der Waals surface area contributed by atoms with Crippen LogP contribution in [0.5, 0.6) is 0 Å². The van der Waals surface area contributed by atoms with Gasteiger partial charge in [0.05, 0.1) is 18.3 Å². The summed E-state index contributed by atoms with van der Waals surface area (Å²) in [5.74, 6) is 0.447. The van der Waals surface area contributed by atoms with Crippen molar-refractivity contribution in [3.8, 4) is 0 Å². The third-order valence-corrected chi connectivity index (χ3v) is 6.67. The van der Waals surface area contributed by atoms with E-state index in [2.05, 4.69) is 6.92 Å². The van der Waals surface area contributed by atoms with Crippen LogP contribution in [0.1, 0.15) is 40.0 Å². The van der Waals surface area contributed by atoms with Crippen molar-refractivity contribution < 1.29 is 23.7 Å². The van der Waals surface area contributed by atoms with Crippen LogP contribution in [0.4, 0.5) is 0 Å². The molecule has 5 heteroatoms. The van der Waals surface area contributed by atoms with E-state index in [0.717, 1.165) is 19.3 Å². The number of carbonyl (C=O) groups is 1. The Kier molecular flexibility index (Phi) is 3.10. The normalized spacial score (nSPS) is 51.9. The first-order chi connectivity index (χ1) is 10.3. The number of hydrogen-bond donors (Lipinski definition) is 0. The van der Waals surface area contributed by atoms with Gasteiger partial charge in [-0.3, -0.25) is 4.79 Å². The first-order valence-corrected chi connectivity index (χ1v) is 8.33. The number of ketones is 1. The van der Waals surface area contributed by atoms with Gasteiger partial charge in [-0.25, -0.2) is 0 Å². The summed E-state index contributed by atoms with van der Waals surface area (Å²) in [6.45, 7) is 6.85. The molecule has 5 saturated carbocycles. The highest BCUT2D eigenvalue weighted by Gasteiger charge is 2.76. The maximum atomic E-state index is 13.0. The highest BCUT2D eigenvalue weighted by Crippen LogP contribution is 2.70. The summed E-state index contributed by atoms with van der Waals surface area (Å²) >= 11 is 0. The molecule has 1 unspecified atom stereocenters. The van der Waals surface area contributed by atoms with Crippen molar-refractivity contribution in [1.29, 1.82) is 0 Å². The lowest BCUT2D eigenvalue weighted by Gasteiger charge is -2.71. The molecule has 6 fully saturated rings. The molecule has 0 aromatic rings. The fraction of sp³-hybridized carbons (Fsp3) is 0.941. The zero-order chi connectivity index (χ0) is 15.8. The number of fused-ring (bicyclic) bond motifs is 1. The van der Waals surface area contributed by atoms with Crippen molar-refractivity contribution in [1.82, 2.24) is 0 Å². The molecule has 0 radical (unpaired) electrons. The number of rotatable bonds is 4. The minimum Gasteiger partial charge on any atom is -0.359 e. The molecule has 6 rings (SSSR count). The smallest absolute Gasteiger partial charge is 0.163 e. The molecule has 0 N–H and O–H groups in total. The molecule has 0 aromatic heterocycles. The molecule has 5 aliphatic carbocycles. The summed E-state index contributed by atoms with van der Waals surface area (Å²) < 4.78 is 23.1. The fourth-order valence-electron chi connectivity index (χ4n) is 5.65. The van der Waals surface area contributed by atoms with Gasteiger partial charge in [0.25, 0.3) is 0 Å². The van der Waals surface area contributed by atoms with E-state index in [0.29, 0.717) is 18.3 Å². The van der Waals surface area contributed by atoms with E-state index >= 15 is 0 Å². The van der Waals surface area contributed by atoms with Gasteiger partial charge in [0.2, 0.25) is 0 Å². The van der Waals surface area contributed by atoms with Crippen LogP contribution in [0.3, 0.4) is 0 Å². The van der Waals surface area contributed by atoms with Crippen molar-refractivity contribution >= 4 is 5.78 Å². The molecular formula is C17H26O5. The Bertz CT molecular complexity index is 499. The topological polar surface area (TPSA) is 54.0 Å². The molecular weight excluding hydrogens is 284 g/mol. The lowest BCUT2D eigenvalue weighted by atomic mass is 9.35. The molecule has 124 valence electrons. The SMILES string of the molecule is COCO[C@@]12CC[C@@]3(C)C(=O)C1C[C@@H]2[C@H]3[C@H]1COC(C)(C)O1. The molecule has 6 atom stereocenters. The Morgan fingerprint density at radius 1 is 1.27 bits per heavy atom. The summed E-state index contributed by atoms with van der Waals surface area (Å²) in [5, 5.41) is 0. The summed E-state index contributed by atoms with van der Waals surface area (Å²) in [4.78, 5) is 13.0. The van der Waals surface area contributed by atoms with Crippen LogP contribution in [0.2, 0.25) is 0 Å². The molecule has 22 heavy (non-hydrogen) atoms. The minimum atomic E-state index is -0.551. The third kappa shape index (κ3) is 1.71. The number of hydrogen-bond acceptors (Lipinski definition) is 5. The number of Topliss-reactive ketones (excluding diaryl/α,β-unsaturated/α-hetero) is 1. The summed E-state index contributed by atoms with van der Waals surface area (Å²) in [6.07, 6.45) is 2.76. The van der Waals surface area contributed by atoms with Crippen LogP contribution in [0.15, 0.2) is 0 Å². The van der Waals surface area contributed by atoms with Crippen LogP contribution in [-0.4, -0.2) is 43.8 Å². The van der Waals surface area contributed by atoms with Gasteiger partial charge in [-0.15, -0.1) is 0 Å². The zero-order valence-corrected chi connectivity index (χ0v) is 13.9. The Morgan fingerprint density at radius 2 is 2.05 bits per heavy atom. The number of ether oxygens (including phenoxy) is 4. The first kappa shape index (κ1) is 15.1. The zero-order valence-electron chi connectivity index (χ0n) is 13.9. The van der Waals surface area contributed by atoms with Gasteiger partial charge in [0, 0.05) is 24.4 Å². The van der Waals surface area contributed by atoms with E-state index in [1.165, 1.54) is 0 Å². The number of carbonyl (C=O) groups excluding carboxylic acids is 1. The molecule has 1 heterocycles. The Labute approximate surface area is 131 Å². The monoisotopic (exact) mass is 310 g/mol. The van der Waals surface area contributed by atoms with Crippen molar-refractivity contribution in [2.75, 3.05) is 20.5 Å². The highest BCUT2D eigenvalue weighted by atomic mass is 16.7. The van der Waals surface area contributed by atoms with E-state index < -0.39 is 5.79 Å². The first-order valence-electron chi connectivity index (χ1n) is 8.33. The van der Waals surface area contributed by atoms with E-state index in [-0.39, 0.29) is 35.7 Å². The van der Waals surface area contributed by atoms with Gasteiger partial charge >= 0.3 is 0 Å². The largest absolute Gasteiger partial charge is 0.359 e. The maximum Gasteiger partial charge on any atom is 0.163 e. The van der Waals surface area contributed by atoms with Crippen LogP contribution in [-0.2, 0) is 23.7 Å². The van der Waals surface area contributed by atoms with Gasteiger partial charge in [0.15, 0.2) is 5.79 Å². The second kappa shape index (κ2) is 4.53. The van der Waals surface area contributed by atoms with Gasteiger partial charge < -0.3 is 18.9 Å². The van der Waals surface area contributed by atoms with Gasteiger partial charge in [0.1, 0.15) is 12.6 Å². The van der Waals surface area contributed by atoms with Crippen LogP contribution in [0.25, 0.3) is 0 Å². The molecule has 0 spiro atoms. The van der Waals surface area contributed by atoms with Crippen LogP contribution in [0, 0.1) is 23.2 Å². The van der Waals surface area contributed by atoms with Crippen LogP contribution >= 0.6 is 0 Å². The van der Waals surface area contributed by atoms with Crippen LogP contribution < -0.4 is 0 Å². The third-order valence-electron chi connectivity index (χ3n) is 6.67. The molecule has 4 bridgehead atoms. The predicted octanol–water partition coefficient (Wildman–Crippen LogP) is 2.13. The molecule has 5 nitrogen and oxygen atoms in total. The summed E-state index contributed by atoms with van der Waals surface area (Å²) in [6, 6.07) is 0. The Balaban J connectivity index is 1.66. The Hall–Kier alpha value is -0.490. The molecule has 1 saturated heterocycles. The lowest BCUT2D eigenvalue weighted by Crippen LogP contribution is -2.77. The lowest BCUT2D eigenvalue weighted by molar-refractivity contribution is -0.306. The van der Waals surface area contributed by atoms with E-state index in [1.807, 2.05) is 13.8 Å². The number of methoxy groups -OCH3 is 1. The van der Waals surface area contributed by atoms with Crippen molar-refractivity contribution in [2.45, 2.75) is 57.5 Å². The summed E-state index contributed by atoms with van der Waals surface area (Å²) in [7, 11) is 1.63. The standard InChI is InChI=1S/C17H26O5/c1-15(2)20-8-12(22-15)13-10-7-11-14(18)16(13,3)5-6-17(10,11)21-9-19-4/h10-13H,5-9H2,1-4H3/t10-,11?,12-,13+,16-,17-/m1/s1. The van der Waals surface area contributed by atoms with Gasteiger partial charge in [-0.05, 0) is 39.0 Å². The van der Waals surface area contributed by atoms with Gasteiger partial charge in [-0.2, -0.15) is 0 Å². The second-order valence-electron chi connectivity index (χ2n) is 8.08. The van der Waals surface area contributed by atoms with Crippen molar-refractivity contribution in [3.63, 3.8) is 0 Å². The van der Waals surface area contributed by atoms with Crippen molar-refractivity contribution in [2.24, 2.45) is 23.2 Å². The van der Waals surface area contributed by atoms with Crippen molar-refractivity contribution in [3.05, 3.63) is 0 Å². The van der Waals surface area contributed by atoms with Gasteiger partial charge in [-0.1, -0.05) is 6.92 Å². The molecule has 0 amide bonds. The average molecular weight is 310 g/mol. The quantitative estimate of drug-likeness (QED) is 0.745. The molecule has 1 aliphatic heterocycles. The average Bonchev–Trinajstić information content (AvgIpc) is 2.80. The minimum absolute atomic E-state index is 0.0129. The fourth-order valence-corrected chi connectivity index (χ4v) is 5.65. The molecule has 0 aromatic carbocycles. The second-order valence-corrected chi connectivity index (χ2v) is 8.08.